The maximum absolute atomic E-state index is 13.3. The normalized spacial score (nSPS) is 11.1. The topological polar surface area (TPSA) is 96.6 Å². The summed E-state index contributed by atoms with van der Waals surface area (Å²) in [7, 11) is 3.81. The van der Waals surface area contributed by atoms with Gasteiger partial charge < -0.3 is 20.0 Å². The van der Waals surface area contributed by atoms with Gasteiger partial charge in [-0.2, -0.15) is 0 Å². The SMILES string of the molecule is CN(C)CCn1c(=O)oc2ccc(NC(=O)CCNC(=O)c3cc(F)ccc3Br)cc21. The number of likely N-dealkylation sites (N-methyl/N-ethyl adjacent to an activating group) is 1. The van der Waals surface area contributed by atoms with E-state index in [1.165, 1.54) is 16.7 Å². The van der Waals surface area contributed by atoms with Crippen LogP contribution < -0.4 is 16.4 Å². The molecule has 0 fully saturated rings. The number of amides is 2. The Balaban J connectivity index is 1.60. The molecule has 31 heavy (non-hydrogen) atoms. The lowest BCUT2D eigenvalue weighted by atomic mass is 10.2. The molecule has 0 unspecified atom stereocenters. The van der Waals surface area contributed by atoms with Crippen LogP contribution in [0.1, 0.15) is 16.8 Å². The van der Waals surface area contributed by atoms with Crippen molar-refractivity contribution in [3.63, 3.8) is 0 Å². The molecule has 0 bridgehead atoms. The van der Waals surface area contributed by atoms with Crippen molar-refractivity contribution in [2.45, 2.75) is 13.0 Å². The highest BCUT2D eigenvalue weighted by molar-refractivity contribution is 9.10. The van der Waals surface area contributed by atoms with Gasteiger partial charge in [-0.15, -0.1) is 0 Å². The number of carbonyl (C=O) groups is 2. The van der Waals surface area contributed by atoms with Crippen LogP contribution in [0.3, 0.4) is 0 Å². The Morgan fingerprint density at radius 1 is 1.19 bits per heavy atom. The molecule has 0 aliphatic heterocycles. The van der Waals surface area contributed by atoms with Crippen LogP contribution in [0.15, 0.2) is 50.1 Å². The van der Waals surface area contributed by atoms with Crippen LogP contribution in [0.25, 0.3) is 11.1 Å². The van der Waals surface area contributed by atoms with E-state index in [4.69, 9.17) is 4.42 Å². The third-order valence-electron chi connectivity index (χ3n) is 4.53. The Labute approximate surface area is 186 Å². The van der Waals surface area contributed by atoms with E-state index in [0.29, 0.717) is 34.3 Å². The molecule has 2 N–H and O–H groups in total. The van der Waals surface area contributed by atoms with Crippen molar-refractivity contribution in [1.29, 1.82) is 0 Å². The largest absolute Gasteiger partial charge is 0.419 e. The number of hydrogen-bond acceptors (Lipinski definition) is 5. The second kappa shape index (κ2) is 9.88. The van der Waals surface area contributed by atoms with Crippen molar-refractivity contribution in [3.8, 4) is 0 Å². The molecular formula is C21H22BrFN4O4. The third kappa shape index (κ3) is 5.80. The van der Waals surface area contributed by atoms with E-state index in [9.17, 15) is 18.8 Å². The van der Waals surface area contributed by atoms with Gasteiger partial charge >= 0.3 is 5.76 Å². The number of hydrogen-bond donors (Lipinski definition) is 2. The predicted molar refractivity (Wildman–Crippen MR) is 119 cm³/mol. The number of nitrogens with one attached hydrogen (secondary N) is 2. The summed E-state index contributed by atoms with van der Waals surface area (Å²) in [5.41, 5.74) is 1.70. The number of fused-ring (bicyclic) bond motifs is 1. The summed E-state index contributed by atoms with van der Waals surface area (Å²) in [6.45, 7) is 1.19. The van der Waals surface area contributed by atoms with Crippen molar-refractivity contribution in [3.05, 3.63) is 62.8 Å². The molecule has 1 heterocycles. The van der Waals surface area contributed by atoms with Gasteiger partial charge in [0.25, 0.3) is 5.91 Å². The zero-order valence-corrected chi connectivity index (χ0v) is 18.7. The van der Waals surface area contributed by atoms with Crippen LogP contribution in [-0.2, 0) is 11.3 Å². The molecule has 0 saturated heterocycles. The summed E-state index contributed by atoms with van der Waals surface area (Å²) in [4.78, 5) is 38.5. The summed E-state index contributed by atoms with van der Waals surface area (Å²) in [5, 5.41) is 5.33. The van der Waals surface area contributed by atoms with Crippen molar-refractivity contribution < 1.29 is 18.4 Å². The highest BCUT2D eigenvalue weighted by Gasteiger charge is 2.13. The van der Waals surface area contributed by atoms with Gasteiger partial charge in [-0.3, -0.25) is 14.2 Å². The summed E-state index contributed by atoms with van der Waals surface area (Å²) in [6.07, 6.45) is 0.0233. The van der Waals surface area contributed by atoms with Crippen LogP contribution in [0.2, 0.25) is 0 Å². The van der Waals surface area contributed by atoms with Crippen LogP contribution in [0.4, 0.5) is 10.1 Å². The average Bonchev–Trinajstić information content (AvgIpc) is 3.02. The minimum absolute atomic E-state index is 0.0233. The molecule has 2 amide bonds. The quantitative estimate of drug-likeness (QED) is 0.503. The lowest BCUT2D eigenvalue weighted by molar-refractivity contribution is -0.116. The Hall–Kier alpha value is -2.98. The first-order valence-electron chi connectivity index (χ1n) is 9.56. The highest BCUT2D eigenvalue weighted by atomic mass is 79.9. The lowest BCUT2D eigenvalue weighted by Gasteiger charge is -2.10. The molecule has 0 aliphatic carbocycles. The molecule has 0 aliphatic rings. The number of aromatic nitrogens is 1. The number of nitrogens with zero attached hydrogens (tertiary/aromatic N) is 2. The monoisotopic (exact) mass is 492 g/mol. The summed E-state index contributed by atoms with van der Waals surface area (Å²) < 4.78 is 20.6. The van der Waals surface area contributed by atoms with Gasteiger partial charge in [0.2, 0.25) is 5.91 Å². The summed E-state index contributed by atoms with van der Waals surface area (Å²) >= 11 is 3.20. The third-order valence-corrected chi connectivity index (χ3v) is 5.22. The second-order valence-corrected chi connectivity index (χ2v) is 8.04. The van der Waals surface area contributed by atoms with Crippen LogP contribution in [0, 0.1) is 5.82 Å². The van der Waals surface area contributed by atoms with Gasteiger partial charge in [0.05, 0.1) is 11.1 Å². The van der Waals surface area contributed by atoms with Crippen LogP contribution >= 0.6 is 15.9 Å². The van der Waals surface area contributed by atoms with Gasteiger partial charge in [0.15, 0.2) is 5.58 Å². The van der Waals surface area contributed by atoms with Gasteiger partial charge in [-0.05, 0) is 66.4 Å². The molecule has 164 valence electrons. The van der Waals surface area contributed by atoms with Crippen molar-refractivity contribution in [1.82, 2.24) is 14.8 Å². The zero-order valence-electron chi connectivity index (χ0n) is 17.1. The fraction of sp³-hybridized carbons (Fsp3) is 0.286. The first-order chi connectivity index (χ1) is 14.7. The molecule has 0 radical (unpaired) electrons. The number of benzene rings is 2. The summed E-state index contributed by atoms with van der Waals surface area (Å²) in [6, 6.07) is 8.75. The molecular weight excluding hydrogens is 471 g/mol. The zero-order chi connectivity index (χ0) is 22.5. The van der Waals surface area contributed by atoms with Crippen molar-refractivity contribution in [2.24, 2.45) is 0 Å². The molecule has 3 rings (SSSR count). The molecule has 8 nitrogen and oxygen atoms in total. The Bertz CT molecular complexity index is 1170. The van der Waals surface area contributed by atoms with E-state index < -0.39 is 17.5 Å². The first kappa shape index (κ1) is 22.7. The Morgan fingerprint density at radius 3 is 2.71 bits per heavy atom. The molecule has 0 spiro atoms. The number of rotatable bonds is 8. The number of halogens is 2. The molecule has 10 heteroatoms. The molecule has 1 aromatic heterocycles. The standard InChI is InChI=1S/C21H22BrFN4O4/c1-26(2)9-10-27-17-12-14(4-6-18(17)31-21(27)30)25-19(28)7-8-24-20(29)15-11-13(23)3-5-16(15)22/h3-6,11-12H,7-10H2,1-2H3,(H,24,29)(H,25,28). The minimum Gasteiger partial charge on any atom is -0.408 e. The van der Waals surface area contributed by atoms with E-state index in [1.54, 1.807) is 18.2 Å². The van der Waals surface area contributed by atoms with E-state index in [2.05, 4.69) is 26.6 Å². The van der Waals surface area contributed by atoms with Crippen LogP contribution in [0.5, 0.6) is 0 Å². The number of anilines is 1. The second-order valence-electron chi connectivity index (χ2n) is 7.18. The smallest absolute Gasteiger partial charge is 0.408 e. The molecule has 2 aromatic carbocycles. The highest BCUT2D eigenvalue weighted by Crippen LogP contribution is 2.19. The minimum atomic E-state index is -0.523. The molecule has 0 saturated carbocycles. The average molecular weight is 493 g/mol. The Kier molecular flexibility index (Phi) is 7.24. The maximum atomic E-state index is 13.3. The van der Waals surface area contributed by atoms with Crippen molar-refractivity contribution in [2.75, 3.05) is 32.5 Å². The predicted octanol–water partition coefficient (Wildman–Crippen LogP) is 2.82. The van der Waals surface area contributed by atoms with E-state index in [-0.39, 0.29) is 24.4 Å². The van der Waals surface area contributed by atoms with Gasteiger partial charge in [0.1, 0.15) is 5.82 Å². The van der Waals surface area contributed by atoms with Gasteiger partial charge in [0, 0.05) is 36.2 Å². The number of carbonyl (C=O) groups excluding carboxylic acids is 2. The van der Waals surface area contributed by atoms with Crippen molar-refractivity contribution >= 4 is 44.5 Å². The first-order valence-corrected chi connectivity index (χ1v) is 10.3. The fourth-order valence-corrected chi connectivity index (χ4v) is 3.36. The lowest BCUT2D eigenvalue weighted by Crippen LogP contribution is -2.28. The maximum Gasteiger partial charge on any atom is 0.419 e. The fourth-order valence-electron chi connectivity index (χ4n) is 2.93. The number of oxazole rings is 1. The van der Waals surface area contributed by atoms with E-state index >= 15 is 0 Å². The van der Waals surface area contributed by atoms with Gasteiger partial charge in [-0.25, -0.2) is 9.18 Å². The van der Waals surface area contributed by atoms with Crippen LogP contribution in [-0.4, -0.2) is 48.5 Å². The molecule has 3 aromatic rings. The van der Waals surface area contributed by atoms with Gasteiger partial charge in [-0.1, -0.05) is 0 Å². The summed E-state index contributed by atoms with van der Waals surface area (Å²) in [5.74, 6) is -1.77. The van der Waals surface area contributed by atoms with E-state index in [0.717, 1.165) is 6.07 Å². The molecule has 0 atom stereocenters. The Morgan fingerprint density at radius 2 is 1.97 bits per heavy atom. The van der Waals surface area contributed by atoms with E-state index in [1.807, 2.05) is 19.0 Å².